The summed E-state index contributed by atoms with van der Waals surface area (Å²) in [5, 5.41) is 5.92. The first kappa shape index (κ1) is 20.3. The zero-order valence-corrected chi connectivity index (χ0v) is 18.7. The molecule has 0 aliphatic heterocycles. The molecule has 5 nitrogen and oxygen atoms in total. The number of halogens is 1. The Balaban J connectivity index is 1.46. The van der Waals surface area contributed by atoms with E-state index in [9.17, 15) is 4.79 Å². The first-order valence-corrected chi connectivity index (χ1v) is 10.5. The number of nitrogens with zero attached hydrogens (tertiary/aromatic N) is 1. The average molecular weight is 480 g/mol. The molecule has 150 valence electrons. The molecule has 0 unspecified atom stereocenters. The molecule has 0 bridgehead atoms. The summed E-state index contributed by atoms with van der Waals surface area (Å²) in [5.41, 5.74) is 5.98. The van der Waals surface area contributed by atoms with Crippen molar-refractivity contribution in [3.8, 4) is 11.5 Å². The predicted octanol–water partition coefficient (Wildman–Crippen LogP) is 6.00. The van der Waals surface area contributed by atoms with Crippen molar-refractivity contribution in [3.05, 3.63) is 81.8 Å². The Hall–Kier alpha value is -3.03. The Morgan fingerprint density at radius 1 is 1.07 bits per heavy atom. The molecule has 2 N–H and O–H groups in total. The molecule has 3 aromatic carbocycles. The minimum absolute atomic E-state index is 0.219. The smallest absolute Gasteiger partial charge is 0.258 e. The van der Waals surface area contributed by atoms with E-state index in [2.05, 4.69) is 37.6 Å². The van der Waals surface area contributed by atoms with Gasteiger partial charge in [0.1, 0.15) is 5.52 Å². The number of rotatable bonds is 3. The van der Waals surface area contributed by atoms with E-state index in [-0.39, 0.29) is 11.0 Å². The number of nitrogens with one attached hydrogen (secondary N) is 2. The van der Waals surface area contributed by atoms with E-state index in [0.29, 0.717) is 15.9 Å². The third-order valence-corrected chi connectivity index (χ3v) is 5.45. The van der Waals surface area contributed by atoms with Gasteiger partial charge in [-0.15, -0.1) is 0 Å². The molecule has 0 fully saturated rings. The summed E-state index contributed by atoms with van der Waals surface area (Å²) in [6.07, 6.45) is 0. The Morgan fingerprint density at radius 3 is 2.53 bits per heavy atom. The second-order valence-corrected chi connectivity index (χ2v) is 8.18. The highest BCUT2D eigenvalue weighted by Crippen LogP contribution is 2.28. The number of benzene rings is 3. The summed E-state index contributed by atoms with van der Waals surface area (Å²) in [6.45, 7) is 4.06. The minimum atomic E-state index is -0.284. The number of carbonyl (C=O) groups is 1. The van der Waals surface area contributed by atoms with Crippen LogP contribution in [0, 0.1) is 13.8 Å². The molecule has 0 aliphatic rings. The first-order chi connectivity index (χ1) is 14.4. The van der Waals surface area contributed by atoms with E-state index in [4.69, 9.17) is 16.6 Å². The molecule has 4 aromatic rings. The van der Waals surface area contributed by atoms with Gasteiger partial charge in [0, 0.05) is 15.7 Å². The number of aryl methyl sites for hydroxylation is 2. The fourth-order valence-electron chi connectivity index (χ4n) is 3.17. The van der Waals surface area contributed by atoms with Gasteiger partial charge in [-0.1, -0.05) is 18.2 Å². The van der Waals surface area contributed by atoms with Crippen molar-refractivity contribution < 1.29 is 9.21 Å². The van der Waals surface area contributed by atoms with Gasteiger partial charge in [-0.2, -0.15) is 0 Å². The van der Waals surface area contributed by atoms with Crippen molar-refractivity contribution in [3.63, 3.8) is 0 Å². The number of hydrogen-bond donors (Lipinski definition) is 2. The van der Waals surface area contributed by atoms with Crippen molar-refractivity contribution in [2.75, 3.05) is 5.32 Å². The van der Waals surface area contributed by atoms with Crippen LogP contribution in [-0.4, -0.2) is 16.0 Å². The number of thiocarbonyl (C=S) groups is 1. The lowest BCUT2D eigenvalue weighted by molar-refractivity contribution is 0.0977. The molecule has 1 amide bonds. The maximum absolute atomic E-state index is 12.4. The minimum Gasteiger partial charge on any atom is -0.436 e. The van der Waals surface area contributed by atoms with E-state index in [1.165, 1.54) is 0 Å². The number of amides is 1. The van der Waals surface area contributed by atoms with Crippen molar-refractivity contribution in [2.24, 2.45) is 0 Å². The summed E-state index contributed by atoms with van der Waals surface area (Å²) >= 11 is 8.63. The van der Waals surface area contributed by atoms with Crippen LogP contribution in [0.25, 0.3) is 22.6 Å². The lowest BCUT2D eigenvalue weighted by Gasteiger charge is -2.10. The van der Waals surface area contributed by atoms with Crippen LogP contribution in [0.2, 0.25) is 0 Å². The lowest BCUT2D eigenvalue weighted by atomic mass is 10.1. The Labute approximate surface area is 187 Å². The van der Waals surface area contributed by atoms with Crippen molar-refractivity contribution in [1.82, 2.24) is 10.3 Å². The molecule has 30 heavy (non-hydrogen) atoms. The van der Waals surface area contributed by atoms with Crippen LogP contribution >= 0.6 is 28.1 Å². The van der Waals surface area contributed by atoms with E-state index in [1.54, 1.807) is 18.2 Å². The van der Waals surface area contributed by atoms with Gasteiger partial charge in [-0.25, -0.2) is 4.98 Å². The molecule has 0 saturated carbocycles. The van der Waals surface area contributed by atoms with Crippen LogP contribution < -0.4 is 10.6 Å². The van der Waals surface area contributed by atoms with E-state index >= 15 is 0 Å². The van der Waals surface area contributed by atoms with Crippen molar-refractivity contribution in [2.45, 2.75) is 13.8 Å². The molecule has 1 aromatic heterocycles. The van der Waals surface area contributed by atoms with Gasteiger partial charge >= 0.3 is 0 Å². The van der Waals surface area contributed by atoms with E-state index in [0.717, 1.165) is 33.5 Å². The second kappa shape index (κ2) is 8.38. The van der Waals surface area contributed by atoms with Crippen LogP contribution in [0.5, 0.6) is 0 Å². The molecule has 0 radical (unpaired) electrons. The molecule has 0 saturated heterocycles. The summed E-state index contributed by atoms with van der Waals surface area (Å²) in [7, 11) is 0. The number of anilines is 1. The maximum Gasteiger partial charge on any atom is 0.258 e. The molecular weight excluding hydrogens is 462 g/mol. The van der Waals surface area contributed by atoms with Crippen LogP contribution in [0.4, 0.5) is 5.69 Å². The fraction of sp³-hybridized carbons (Fsp3) is 0.0870. The van der Waals surface area contributed by atoms with E-state index < -0.39 is 0 Å². The summed E-state index contributed by atoms with van der Waals surface area (Å²) in [5.74, 6) is 0.281. The number of oxazole rings is 1. The summed E-state index contributed by atoms with van der Waals surface area (Å²) in [6, 6.07) is 18.8. The number of aromatic nitrogens is 1. The zero-order chi connectivity index (χ0) is 21.3. The van der Waals surface area contributed by atoms with Gasteiger partial charge in [-0.05, 0) is 95.6 Å². The highest BCUT2D eigenvalue weighted by molar-refractivity contribution is 9.10. The Bertz CT molecular complexity index is 1270. The molecule has 4 rings (SSSR count). The van der Waals surface area contributed by atoms with Gasteiger partial charge in [-0.3, -0.25) is 10.1 Å². The molecular formula is C23H18BrN3O2S. The molecule has 0 atom stereocenters. The van der Waals surface area contributed by atoms with Crippen molar-refractivity contribution >= 4 is 56.0 Å². The van der Waals surface area contributed by atoms with Crippen molar-refractivity contribution in [1.29, 1.82) is 0 Å². The standard InChI is InChI=1S/C23H18BrN3O2S/c1-13-11-14(2)20-19(12-13)26-22(29-20)15-7-9-16(10-8-15)25-23(30)27-21(28)17-5-3-4-6-18(17)24/h3-12H,1-2H3,(H2,25,27,28,30). The van der Waals surface area contributed by atoms with Gasteiger partial charge in [0.2, 0.25) is 5.89 Å². The highest BCUT2D eigenvalue weighted by atomic mass is 79.9. The number of fused-ring (bicyclic) bond motifs is 1. The highest BCUT2D eigenvalue weighted by Gasteiger charge is 2.13. The normalized spacial score (nSPS) is 10.8. The number of hydrogen-bond acceptors (Lipinski definition) is 4. The van der Waals surface area contributed by atoms with Crippen LogP contribution in [-0.2, 0) is 0 Å². The van der Waals surface area contributed by atoms with E-state index in [1.807, 2.05) is 50.2 Å². The van der Waals surface area contributed by atoms with Gasteiger partial charge in [0.15, 0.2) is 10.7 Å². The van der Waals surface area contributed by atoms with Gasteiger partial charge in [0.05, 0.1) is 5.56 Å². The third kappa shape index (κ3) is 4.27. The lowest BCUT2D eigenvalue weighted by Crippen LogP contribution is -2.34. The Kier molecular flexibility index (Phi) is 5.65. The van der Waals surface area contributed by atoms with Crippen LogP contribution in [0.15, 0.2) is 69.6 Å². The van der Waals surface area contributed by atoms with Gasteiger partial charge in [0.25, 0.3) is 5.91 Å². The molecule has 1 heterocycles. The average Bonchev–Trinajstić information content (AvgIpc) is 3.13. The topological polar surface area (TPSA) is 67.2 Å². The maximum atomic E-state index is 12.4. The van der Waals surface area contributed by atoms with Crippen LogP contribution in [0.3, 0.4) is 0 Å². The molecule has 7 heteroatoms. The van der Waals surface area contributed by atoms with Gasteiger partial charge < -0.3 is 9.73 Å². The first-order valence-electron chi connectivity index (χ1n) is 9.26. The second-order valence-electron chi connectivity index (χ2n) is 6.91. The number of carbonyl (C=O) groups excluding carboxylic acids is 1. The SMILES string of the molecule is Cc1cc(C)c2oc(-c3ccc(NC(=S)NC(=O)c4ccccc4Br)cc3)nc2c1. The largest absolute Gasteiger partial charge is 0.436 e. The fourth-order valence-corrected chi connectivity index (χ4v) is 3.85. The summed E-state index contributed by atoms with van der Waals surface area (Å²) < 4.78 is 6.66. The predicted molar refractivity (Wildman–Crippen MR) is 127 cm³/mol. The van der Waals surface area contributed by atoms with Crippen LogP contribution in [0.1, 0.15) is 21.5 Å². The monoisotopic (exact) mass is 479 g/mol. The zero-order valence-electron chi connectivity index (χ0n) is 16.3. The Morgan fingerprint density at radius 2 is 1.80 bits per heavy atom. The molecule has 0 spiro atoms. The quantitative estimate of drug-likeness (QED) is 0.352. The third-order valence-electron chi connectivity index (χ3n) is 4.56. The summed E-state index contributed by atoms with van der Waals surface area (Å²) in [4.78, 5) is 17.0. The molecule has 0 aliphatic carbocycles.